The predicted molar refractivity (Wildman–Crippen MR) is 97.3 cm³/mol. The van der Waals surface area contributed by atoms with E-state index in [1.54, 1.807) is 11.3 Å². The standard InChI is InChI=1S/C18H16N2S2/c1-2-12-7-8-13-14(11-12)20-18(16-6-4-10-22-16)17(19-13)15-5-3-9-21-15/h3,5-9,11H,2,4,10H2,1H3. The molecule has 2 nitrogen and oxygen atoms in total. The van der Waals surface area contributed by atoms with Crippen molar-refractivity contribution < 1.29 is 0 Å². The largest absolute Gasteiger partial charge is 0.243 e. The van der Waals surface area contributed by atoms with Gasteiger partial charge in [0, 0.05) is 10.7 Å². The van der Waals surface area contributed by atoms with Gasteiger partial charge in [0.05, 0.1) is 15.9 Å². The van der Waals surface area contributed by atoms with E-state index in [9.17, 15) is 0 Å². The number of aryl methyl sites for hydroxylation is 1. The normalized spacial score (nSPS) is 14.5. The van der Waals surface area contributed by atoms with Gasteiger partial charge in [0.15, 0.2) is 0 Å². The van der Waals surface area contributed by atoms with Gasteiger partial charge in [-0.1, -0.05) is 25.1 Å². The molecule has 0 N–H and O–H groups in total. The van der Waals surface area contributed by atoms with Gasteiger partial charge in [-0.05, 0) is 42.0 Å². The number of rotatable bonds is 3. The Balaban J connectivity index is 1.97. The molecule has 0 fully saturated rings. The molecule has 22 heavy (non-hydrogen) atoms. The van der Waals surface area contributed by atoms with Crippen LogP contribution >= 0.6 is 23.1 Å². The zero-order chi connectivity index (χ0) is 14.9. The smallest absolute Gasteiger partial charge is 0.108 e. The number of thioether (sulfide) groups is 1. The summed E-state index contributed by atoms with van der Waals surface area (Å²) in [5, 5.41) is 2.10. The van der Waals surface area contributed by atoms with Crippen molar-refractivity contribution >= 4 is 39.0 Å². The van der Waals surface area contributed by atoms with Crippen LogP contribution in [-0.4, -0.2) is 15.7 Å². The number of allylic oxidation sites excluding steroid dienone is 1. The fraction of sp³-hybridized carbons (Fsp3) is 0.222. The molecule has 3 heterocycles. The first-order chi connectivity index (χ1) is 10.8. The maximum atomic E-state index is 4.98. The topological polar surface area (TPSA) is 25.8 Å². The van der Waals surface area contributed by atoms with Gasteiger partial charge in [-0.25, -0.2) is 9.97 Å². The monoisotopic (exact) mass is 324 g/mol. The van der Waals surface area contributed by atoms with E-state index in [1.165, 1.54) is 15.3 Å². The number of hydrogen-bond donors (Lipinski definition) is 0. The third kappa shape index (κ3) is 2.46. The van der Waals surface area contributed by atoms with Crippen LogP contribution in [0.1, 0.15) is 24.6 Å². The maximum absolute atomic E-state index is 4.98. The molecule has 0 saturated heterocycles. The van der Waals surface area contributed by atoms with Crippen molar-refractivity contribution in [1.29, 1.82) is 0 Å². The Bertz CT molecular complexity index is 851. The van der Waals surface area contributed by atoms with Gasteiger partial charge in [0.25, 0.3) is 0 Å². The predicted octanol–water partition coefficient (Wildman–Crippen LogP) is 5.40. The van der Waals surface area contributed by atoms with Crippen molar-refractivity contribution in [2.45, 2.75) is 19.8 Å². The average molecular weight is 324 g/mol. The lowest BCUT2D eigenvalue weighted by Crippen LogP contribution is -1.96. The summed E-state index contributed by atoms with van der Waals surface area (Å²) in [6.07, 6.45) is 4.44. The average Bonchev–Trinajstić information content (AvgIpc) is 3.26. The first-order valence-corrected chi connectivity index (χ1v) is 9.39. The minimum Gasteiger partial charge on any atom is -0.243 e. The second kappa shape index (κ2) is 5.86. The van der Waals surface area contributed by atoms with Crippen LogP contribution in [0.3, 0.4) is 0 Å². The van der Waals surface area contributed by atoms with Crippen LogP contribution in [0, 0.1) is 0 Å². The van der Waals surface area contributed by atoms with Crippen LogP contribution in [0.15, 0.2) is 41.8 Å². The summed E-state index contributed by atoms with van der Waals surface area (Å²) in [6, 6.07) is 10.6. The van der Waals surface area contributed by atoms with Crippen LogP contribution in [0.4, 0.5) is 0 Å². The number of fused-ring (bicyclic) bond motifs is 1. The Kier molecular flexibility index (Phi) is 3.72. The van der Waals surface area contributed by atoms with Gasteiger partial charge in [0.2, 0.25) is 0 Å². The van der Waals surface area contributed by atoms with Gasteiger partial charge in [0.1, 0.15) is 11.4 Å². The molecule has 0 unspecified atom stereocenters. The molecular formula is C18H16N2S2. The summed E-state index contributed by atoms with van der Waals surface area (Å²) < 4.78 is 0. The van der Waals surface area contributed by atoms with Crippen molar-refractivity contribution in [3.63, 3.8) is 0 Å². The first kappa shape index (κ1) is 14.0. The zero-order valence-corrected chi connectivity index (χ0v) is 14.0. The molecule has 4 rings (SSSR count). The van der Waals surface area contributed by atoms with Gasteiger partial charge >= 0.3 is 0 Å². The first-order valence-electron chi connectivity index (χ1n) is 7.53. The van der Waals surface area contributed by atoms with Crippen molar-refractivity contribution in [3.8, 4) is 10.6 Å². The van der Waals surface area contributed by atoms with Gasteiger partial charge in [-0.3, -0.25) is 0 Å². The van der Waals surface area contributed by atoms with E-state index in [0.29, 0.717) is 0 Å². The number of aromatic nitrogens is 2. The highest BCUT2D eigenvalue weighted by atomic mass is 32.2. The van der Waals surface area contributed by atoms with E-state index in [4.69, 9.17) is 9.97 Å². The molecule has 1 aliphatic heterocycles. The van der Waals surface area contributed by atoms with E-state index >= 15 is 0 Å². The van der Waals surface area contributed by atoms with E-state index in [2.05, 4.69) is 48.7 Å². The summed E-state index contributed by atoms with van der Waals surface area (Å²) in [6.45, 7) is 2.17. The second-order valence-electron chi connectivity index (χ2n) is 5.28. The minimum absolute atomic E-state index is 0.980. The molecule has 110 valence electrons. The van der Waals surface area contributed by atoms with E-state index < -0.39 is 0 Å². The van der Waals surface area contributed by atoms with E-state index in [-0.39, 0.29) is 0 Å². The molecule has 1 aliphatic rings. The van der Waals surface area contributed by atoms with Crippen molar-refractivity contribution in [3.05, 3.63) is 53.0 Å². The fourth-order valence-electron chi connectivity index (χ4n) is 2.66. The molecule has 0 radical (unpaired) electrons. The Morgan fingerprint density at radius 3 is 2.73 bits per heavy atom. The fourth-order valence-corrected chi connectivity index (χ4v) is 4.34. The third-order valence-corrected chi connectivity index (χ3v) is 5.82. The summed E-state index contributed by atoms with van der Waals surface area (Å²) in [7, 11) is 0. The minimum atomic E-state index is 0.980. The lowest BCUT2D eigenvalue weighted by Gasteiger charge is -2.10. The molecule has 1 aromatic carbocycles. The summed E-state index contributed by atoms with van der Waals surface area (Å²) in [5.74, 6) is 1.15. The molecule has 4 heteroatoms. The Morgan fingerprint density at radius 2 is 2.00 bits per heavy atom. The van der Waals surface area contributed by atoms with Crippen LogP contribution in [0.2, 0.25) is 0 Å². The van der Waals surface area contributed by atoms with Crippen LogP contribution in [-0.2, 0) is 6.42 Å². The highest BCUT2D eigenvalue weighted by molar-refractivity contribution is 8.08. The van der Waals surface area contributed by atoms with E-state index in [1.807, 2.05) is 11.8 Å². The number of thiophene rings is 1. The molecule has 3 aromatic rings. The zero-order valence-electron chi connectivity index (χ0n) is 12.4. The highest BCUT2D eigenvalue weighted by Gasteiger charge is 2.18. The van der Waals surface area contributed by atoms with Crippen LogP contribution in [0.25, 0.3) is 26.5 Å². The Morgan fingerprint density at radius 1 is 1.09 bits per heavy atom. The lowest BCUT2D eigenvalue weighted by atomic mass is 10.1. The van der Waals surface area contributed by atoms with Crippen LogP contribution < -0.4 is 0 Å². The molecular weight excluding hydrogens is 308 g/mol. The van der Waals surface area contributed by atoms with Crippen LogP contribution in [0.5, 0.6) is 0 Å². The van der Waals surface area contributed by atoms with Crippen molar-refractivity contribution in [2.75, 3.05) is 5.75 Å². The number of benzene rings is 1. The van der Waals surface area contributed by atoms with Gasteiger partial charge in [-0.2, -0.15) is 0 Å². The lowest BCUT2D eigenvalue weighted by molar-refractivity contribution is 1.14. The molecule has 0 spiro atoms. The van der Waals surface area contributed by atoms with E-state index in [0.717, 1.165) is 41.0 Å². The molecule has 0 bridgehead atoms. The molecule has 2 aromatic heterocycles. The van der Waals surface area contributed by atoms with Gasteiger partial charge < -0.3 is 0 Å². The maximum Gasteiger partial charge on any atom is 0.108 e. The highest BCUT2D eigenvalue weighted by Crippen LogP contribution is 2.39. The molecule has 0 saturated carbocycles. The van der Waals surface area contributed by atoms with Gasteiger partial charge in [-0.15, -0.1) is 23.1 Å². The second-order valence-corrected chi connectivity index (χ2v) is 7.36. The quantitative estimate of drug-likeness (QED) is 0.645. The summed E-state index contributed by atoms with van der Waals surface area (Å²) in [4.78, 5) is 12.4. The Labute approximate surface area is 138 Å². The number of nitrogens with zero attached hydrogens (tertiary/aromatic N) is 2. The van der Waals surface area contributed by atoms with Crippen molar-refractivity contribution in [2.24, 2.45) is 0 Å². The Hall–Kier alpha value is -1.65. The molecule has 0 atom stereocenters. The SMILES string of the molecule is CCc1ccc2nc(-c3cccs3)c(C3=CCCS3)nc2c1. The summed E-state index contributed by atoms with van der Waals surface area (Å²) >= 11 is 3.61. The molecule has 0 aliphatic carbocycles. The summed E-state index contributed by atoms with van der Waals surface area (Å²) in [5.41, 5.74) is 5.36. The third-order valence-electron chi connectivity index (χ3n) is 3.83. The van der Waals surface area contributed by atoms with Crippen molar-refractivity contribution in [1.82, 2.24) is 9.97 Å². The molecule has 0 amide bonds. The number of hydrogen-bond acceptors (Lipinski definition) is 4.